The van der Waals surface area contributed by atoms with Crippen LogP contribution in [0.3, 0.4) is 0 Å². The Kier molecular flexibility index (Phi) is 3.33. The summed E-state index contributed by atoms with van der Waals surface area (Å²) in [6.07, 6.45) is 6.38. The van der Waals surface area contributed by atoms with Crippen molar-refractivity contribution < 1.29 is 0 Å². The highest BCUT2D eigenvalue weighted by atomic mass is 15.6. The van der Waals surface area contributed by atoms with Crippen molar-refractivity contribution >= 4 is 0 Å². The fraction of sp³-hybridized carbons (Fsp3) is 0.923. The van der Waals surface area contributed by atoms with Gasteiger partial charge in [-0.25, -0.2) is 4.68 Å². The number of rotatable bonds is 4. The molecule has 5 nitrogen and oxygen atoms in total. The maximum atomic E-state index is 4.22. The molecule has 3 rings (SSSR count). The average Bonchev–Trinajstić information content (AvgIpc) is 3.02. The van der Waals surface area contributed by atoms with E-state index in [1.807, 2.05) is 0 Å². The third-order valence-electron chi connectivity index (χ3n) is 4.19. The molecule has 1 heterocycles. The summed E-state index contributed by atoms with van der Waals surface area (Å²) in [5.41, 5.74) is 0. The molecule has 1 N–H and O–H groups in total. The second-order valence-corrected chi connectivity index (χ2v) is 6.27. The van der Waals surface area contributed by atoms with Crippen LogP contribution in [0.5, 0.6) is 0 Å². The van der Waals surface area contributed by atoms with Crippen molar-refractivity contribution in [2.45, 2.75) is 64.6 Å². The highest BCUT2D eigenvalue weighted by Gasteiger charge is 2.28. The molecule has 0 spiro atoms. The largest absolute Gasteiger partial charge is 0.307 e. The maximum Gasteiger partial charge on any atom is 0.165 e. The van der Waals surface area contributed by atoms with Crippen molar-refractivity contribution in [1.82, 2.24) is 25.5 Å². The Morgan fingerprint density at radius 1 is 1.17 bits per heavy atom. The molecule has 2 unspecified atom stereocenters. The maximum absolute atomic E-state index is 4.22. The SMILES string of the molecule is CC1CC(C)CC(n2nnnc2CNC2CC2)C1. The molecule has 1 aromatic rings. The van der Waals surface area contributed by atoms with Crippen LogP contribution in [0, 0.1) is 11.8 Å². The second kappa shape index (κ2) is 4.96. The van der Waals surface area contributed by atoms with Crippen LogP contribution in [0.25, 0.3) is 0 Å². The molecule has 0 saturated heterocycles. The first-order valence-corrected chi connectivity index (χ1v) is 7.22. The molecule has 0 radical (unpaired) electrons. The summed E-state index contributed by atoms with van der Waals surface area (Å²) in [6.45, 7) is 5.50. The molecule has 2 aliphatic carbocycles. The Labute approximate surface area is 108 Å². The van der Waals surface area contributed by atoms with Gasteiger partial charge in [0.1, 0.15) is 0 Å². The summed E-state index contributed by atoms with van der Waals surface area (Å²) >= 11 is 0. The van der Waals surface area contributed by atoms with Gasteiger partial charge in [-0.2, -0.15) is 0 Å². The zero-order valence-corrected chi connectivity index (χ0v) is 11.3. The molecule has 2 atom stereocenters. The first-order valence-electron chi connectivity index (χ1n) is 7.22. The van der Waals surface area contributed by atoms with Crippen LogP contribution in [-0.2, 0) is 6.54 Å². The number of nitrogens with one attached hydrogen (secondary N) is 1. The predicted molar refractivity (Wildman–Crippen MR) is 68.9 cm³/mol. The molecule has 0 amide bonds. The van der Waals surface area contributed by atoms with Crippen molar-refractivity contribution in [1.29, 1.82) is 0 Å². The minimum absolute atomic E-state index is 0.495. The molecule has 100 valence electrons. The average molecular weight is 249 g/mol. The summed E-state index contributed by atoms with van der Waals surface area (Å²) in [4.78, 5) is 0. The molecule has 1 aromatic heterocycles. The van der Waals surface area contributed by atoms with E-state index in [9.17, 15) is 0 Å². The van der Waals surface area contributed by atoms with E-state index in [1.54, 1.807) is 0 Å². The number of nitrogens with zero attached hydrogens (tertiary/aromatic N) is 4. The summed E-state index contributed by atoms with van der Waals surface area (Å²) in [5.74, 6) is 2.58. The molecular weight excluding hydrogens is 226 g/mol. The third kappa shape index (κ3) is 2.71. The van der Waals surface area contributed by atoms with Gasteiger partial charge in [-0.3, -0.25) is 0 Å². The van der Waals surface area contributed by atoms with Crippen LogP contribution in [0.4, 0.5) is 0 Å². The van der Waals surface area contributed by atoms with Crippen molar-refractivity contribution in [2.24, 2.45) is 11.8 Å². The molecule has 18 heavy (non-hydrogen) atoms. The Bertz CT molecular complexity index is 388. The first-order chi connectivity index (χ1) is 8.72. The Hall–Kier alpha value is -0.970. The van der Waals surface area contributed by atoms with Gasteiger partial charge in [0.15, 0.2) is 5.82 Å². The topological polar surface area (TPSA) is 55.6 Å². The fourth-order valence-corrected chi connectivity index (χ4v) is 3.24. The van der Waals surface area contributed by atoms with E-state index in [0.29, 0.717) is 12.1 Å². The van der Waals surface area contributed by atoms with Gasteiger partial charge in [0.25, 0.3) is 0 Å². The van der Waals surface area contributed by atoms with E-state index in [0.717, 1.165) is 24.2 Å². The van der Waals surface area contributed by atoms with E-state index in [1.165, 1.54) is 32.1 Å². The fourth-order valence-electron chi connectivity index (χ4n) is 3.24. The number of aromatic nitrogens is 4. The van der Waals surface area contributed by atoms with Crippen molar-refractivity contribution in [3.63, 3.8) is 0 Å². The Balaban J connectivity index is 1.68. The highest BCUT2D eigenvalue weighted by molar-refractivity contribution is 4.90. The molecule has 0 aromatic carbocycles. The van der Waals surface area contributed by atoms with Gasteiger partial charge in [0, 0.05) is 6.04 Å². The molecule has 5 heteroatoms. The third-order valence-corrected chi connectivity index (χ3v) is 4.19. The lowest BCUT2D eigenvalue weighted by Crippen LogP contribution is -2.27. The summed E-state index contributed by atoms with van der Waals surface area (Å²) in [5, 5.41) is 15.8. The zero-order valence-electron chi connectivity index (χ0n) is 11.3. The molecule has 2 saturated carbocycles. The van der Waals surface area contributed by atoms with Crippen molar-refractivity contribution in [2.75, 3.05) is 0 Å². The van der Waals surface area contributed by atoms with Crippen LogP contribution < -0.4 is 5.32 Å². The van der Waals surface area contributed by atoms with Crippen molar-refractivity contribution in [3.8, 4) is 0 Å². The van der Waals surface area contributed by atoms with Gasteiger partial charge in [-0.1, -0.05) is 13.8 Å². The van der Waals surface area contributed by atoms with Crippen LogP contribution in [-0.4, -0.2) is 26.2 Å². The van der Waals surface area contributed by atoms with Crippen LogP contribution in [0.15, 0.2) is 0 Å². The Morgan fingerprint density at radius 2 is 1.89 bits per heavy atom. The minimum Gasteiger partial charge on any atom is -0.307 e. The normalized spacial score (nSPS) is 32.7. The van der Waals surface area contributed by atoms with E-state index in [-0.39, 0.29) is 0 Å². The zero-order chi connectivity index (χ0) is 12.5. The smallest absolute Gasteiger partial charge is 0.165 e. The molecule has 2 aliphatic rings. The van der Waals surface area contributed by atoms with Gasteiger partial charge >= 0.3 is 0 Å². The number of hydrogen-bond acceptors (Lipinski definition) is 4. The van der Waals surface area contributed by atoms with E-state index < -0.39 is 0 Å². The summed E-state index contributed by atoms with van der Waals surface area (Å²) in [7, 11) is 0. The first kappa shape index (κ1) is 12.1. The van der Waals surface area contributed by atoms with Gasteiger partial charge in [0.2, 0.25) is 0 Å². The van der Waals surface area contributed by atoms with Gasteiger partial charge in [-0.15, -0.1) is 5.10 Å². The summed E-state index contributed by atoms with van der Waals surface area (Å²) < 4.78 is 2.07. The van der Waals surface area contributed by atoms with Crippen molar-refractivity contribution in [3.05, 3.63) is 5.82 Å². The molecule has 0 aliphatic heterocycles. The van der Waals surface area contributed by atoms with Gasteiger partial charge in [0.05, 0.1) is 12.6 Å². The lowest BCUT2D eigenvalue weighted by atomic mass is 9.80. The van der Waals surface area contributed by atoms with Crippen LogP contribution >= 0.6 is 0 Å². The minimum atomic E-state index is 0.495. The van der Waals surface area contributed by atoms with Gasteiger partial charge < -0.3 is 5.32 Å². The second-order valence-electron chi connectivity index (χ2n) is 6.27. The predicted octanol–water partition coefficient (Wildman–Crippen LogP) is 1.92. The Morgan fingerprint density at radius 3 is 2.56 bits per heavy atom. The standard InChI is InChI=1S/C13H23N5/c1-9-5-10(2)7-12(6-9)18-13(15-16-17-18)8-14-11-3-4-11/h9-12,14H,3-8H2,1-2H3. The van der Waals surface area contributed by atoms with E-state index in [2.05, 4.69) is 39.4 Å². The lowest BCUT2D eigenvalue weighted by Gasteiger charge is -2.31. The lowest BCUT2D eigenvalue weighted by molar-refractivity contribution is 0.204. The highest BCUT2D eigenvalue weighted by Crippen LogP contribution is 2.35. The number of hydrogen-bond donors (Lipinski definition) is 1. The van der Waals surface area contributed by atoms with Crippen LogP contribution in [0.2, 0.25) is 0 Å². The van der Waals surface area contributed by atoms with E-state index >= 15 is 0 Å². The quantitative estimate of drug-likeness (QED) is 0.885. The molecular formula is C13H23N5. The summed E-state index contributed by atoms with van der Waals surface area (Å²) in [6, 6.07) is 1.20. The molecule has 0 bridgehead atoms. The molecule has 2 fully saturated rings. The number of tetrazole rings is 1. The van der Waals surface area contributed by atoms with Gasteiger partial charge in [-0.05, 0) is 54.4 Å². The monoisotopic (exact) mass is 249 g/mol. The van der Waals surface area contributed by atoms with Crippen LogP contribution in [0.1, 0.15) is 57.8 Å². The van der Waals surface area contributed by atoms with E-state index in [4.69, 9.17) is 0 Å².